The maximum absolute atomic E-state index is 11.8. The largest absolute Gasteiger partial charge is 0.452 e. The van der Waals surface area contributed by atoms with Crippen molar-refractivity contribution in [1.82, 2.24) is 4.90 Å². The highest BCUT2D eigenvalue weighted by molar-refractivity contribution is 5.96. The highest BCUT2D eigenvalue weighted by Crippen LogP contribution is 2.21. The van der Waals surface area contributed by atoms with Gasteiger partial charge in [0.25, 0.3) is 5.91 Å². The first-order valence-electron chi connectivity index (χ1n) is 6.77. The van der Waals surface area contributed by atoms with Crippen LogP contribution in [-0.2, 0) is 14.3 Å². The molecule has 112 valence electrons. The quantitative estimate of drug-likeness (QED) is 0.778. The average Bonchev–Trinajstić information content (AvgIpc) is 2.90. The predicted molar refractivity (Wildman–Crippen MR) is 77.0 cm³/mol. The van der Waals surface area contributed by atoms with E-state index in [1.54, 1.807) is 43.3 Å². The van der Waals surface area contributed by atoms with Crippen LogP contribution < -0.4 is 4.90 Å². The van der Waals surface area contributed by atoms with Crippen LogP contribution in [0.4, 0.5) is 5.69 Å². The smallest absolute Gasteiger partial charge is 0.338 e. The molecule has 0 unspecified atom stereocenters. The summed E-state index contributed by atoms with van der Waals surface area (Å²) in [6.45, 7) is 0.429. The molecule has 0 radical (unpaired) electrons. The normalized spacial score (nSPS) is 14.2. The SMILES string of the molecule is CN(C)C(=O)COC(=O)c1ccc(N2CCCC2=O)cc1. The molecule has 0 aromatic heterocycles. The van der Waals surface area contributed by atoms with Crippen molar-refractivity contribution in [3.8, 4) is 0 Å². The van der Waals surface area contributed by atoms with Crippen molar-refractivity contribution in [2.24, 2.45) is 0 Å². The molecule has 1 heterocycles. The number of nitrogens with zero attached hydrogens (tertiary/aromatic N) is 2. The molecule has 1 aromatic rings. The van der Waals surface area contributed by atoms with Crippen molar-refractivity contribution in [1.29, 1.82) is 0 Å². The fourth-order valence-corrected chi connectivity index (χ4v) is 2.04. The number of likely N-dealkylation sites (N-methyl/N-ethyl adjacent to an activating group) is 1. The number of esters is 1. The third-order valence-electron chi connectivity index (χ3n) is 3.31. The summed E-state index contributed by atoms with van der Waals surface area (Å²) < 4.78 is 4.93. The fraction of sp³-hybridized carbons (Fsp3) is 0.400. The van der Waals surface area contributed by atoms with Crippen molar-refractivity contribution in [2.75, 3.05) is 32.1 Å². The van der Waals surface area contributed by atoms with Crippen molar-refractivity contribution < 1.29 is 19.1 Å². The number of carbonyl (C=O) groups is 3. The van der Waals surface area contributed by atoms with Crippen molar-refractivity contribution in [3.05, 3.63) is 29.8 Å². The lowest BCUT2D eigenvalue weighted by Crippen LogP contribution is -2.27. The van der Waals surface area contributed by atoms with Gasteiger partial charge in [0.15, 0.2) is 6.61 Å². The van der Waals surface area contributed by atoms with Gasteiger partial charge in [-0.3, -0.25) is 9.59 Å². The number of rotatable bonds is 4. The second-order valence-corrected chi connectivity index (χ2v) is 5.06. The molecule has 0 N–H and O–H groups in total. The third-order valence-corrected chi connectivity index (χ3v) is 3.31. The summed E-state index contributed by atoms with van der Waals surface area (Å²) in [5.41, 5.74) is 1.13. The lowest BCUT2D eigenvalue weighted by atomic mass is 10.2. The van der Waals surface area contributed by atoms with Gasteiger partial charge in [0, 0.05) is 32.7 Å². The van der Waals surface area contributed by atoms with Crippen LogP contribution in [0.1, 0.15) is 23.2 Å². The molecule has 0 atom stereocenters. The van der Waals surface area contributed by atoms with Gasteiger partial charge in [-0.15, -0.1) is 0 Å². The molecule has 1 aliphatic rings. The highest BCUT2D eigenvalue weighted by atomic mass is 16.5. The summed E-state index contributed by atoms with van der Waals surface area (Å²) in [4.78, 5) is 37.8. The van der Waals surface area contributed by atoms with Crippen LogP contribution in [0, 0.1) is 0 Å². The molecule has 1 fully saturated rings. The van der Waals surface area contributed by atoms with E-state index >= 15 is 0 Å². The topological polar surface area (TPSA) is 66.9 Å². The van der Waals surface area contributed by atoms with E-state index in [0.29, 0.717) is 18.5 Å². The molecule has 2 amide bonds. The first kappa shape index (κ1) is 15.0. The summed E-state index contributed by atoms with van der Waals surface area (Å²) in [5, 5.41) is 0. The molecule has 6 nitrogen and oxygen atoms in total. The Kier molecular flexibility index (Phi) is 4.57. The van der Waals surface area contributed by atoms with Crippen LogP contribution in [-0.4, -0.2) is 49.9 Å². The van der Waals surface area contributed by atoms with Gasteiger partial charge in [-0.25, -0.2) is 4.79 Å². The van der Waals surface area contributed by atoms with Gasteiger partial charge in [-0.2, -0.15) is 0 Å². The Balaban J connectivity index is 1.97. The molecule has 0 spiro atoms. The van der Waals surface area contributed by atoms with Crippen LogP contribution >= 0.6 is 0 Å². The Morgan fingerprint density at radius 2 is 1.90 bits per heavy atom. The van der Waals surface area contributed by atoms with Gasteiger partial charge in [0.05, 0.1) is 5.56 Å². The monoisotopic (exact) mass is 290 g/mol. The Morgan fingerprint density at radius 3 is 2.43 bits per heavy atom. The maximum atomic E-state index is 11.8. The standard InChI is InChI=1S/C15H18N2O4/c1-16(2)14(19)10-21-15(20)11-5-7-12(8-6-11)17-9-3-4-13(17)18/h5-8H,3-4,9-10H2,1-2H3. The maximum Gasteiger partial charge on any atom is 0.338 e. The van der Waals surface area contributed by atoms with E-state index in [4.69, 9.17) is 4.74 Å². The minimum Gasteiger partial charge on any atom is -0.452 e. The number of carbonyl (C=O) groups excluding carboxylic acids is 3. The molecule has 2 rings (SSSR count). The van der Waals surface area contributed by atoms with Crippen LogP contribution in [0.5, 0.6) is 0 Å². The molecular weight excluding hydrogens is 272 g/mol. The van der Waals surface area contributed by atoms with Gasteiger partial charge in [0.2, 0.25) is 5.91 Å². The van der Waals surface area contributed by atoms with E-state index in [1.165, 1.54) is 4.90 Å². The summed E-state index contributed by atoms with van der Waals surface area (Å²) in [6.07, 6.45) is 1.42. The van der Waals surface area contributed by atoms with E-state index in [9.17, 15) is 14.4 Å². The highest BCUT2D eigenvalue weighted by Gasteiger charge is 2.21. The fourth-order valence-electron chi connectivity index (χ4n) is 2.04. The van der Waals surface area contributed by atoms with Gasteiger partial charge in [0.1, 0.15) is 0 Å². The minimum atomic E-state index is -0.551. The third kappa shape index (κ3) is 3.59. The number of anilines is 1. The van der Waals surface area contributed by atoms with Crippen LogP contribution in [0.2, 0.25) is 0 Å². The first-order chi connectivity index (χ1) is 9.99. The van der Waals surface area contributed by atoms with Crippen molar-refractivity contribution in [2.45, 2.75) is 12.8 Å². The van der Waals surface area contributed by atoms with E-state index in [-0.39, 0.29) is 18.4 Å². The number of ether oxygens (including phenoxy) is 1. The van der Waals surface area contributed by atoms with E-state index in [1.807, 2.05) is 0 Å². The molecule has 0 saturated carbocycles. The predicted octanol–water partition coefficient (Wildman–Crippen LogP) is 1.06. The summed E-state index contributed by atoms with van der Waals surface area (Å²) in [7, 11) is 3.19. The molecule has 0 bridgehead atoms. The zero-order valence-corrected chi connectivity index (χ0v) is 12.2. The van der Waals surface area contributed by atoms with E-state index < -0.39 is 5.97 Å². The van der Waals surface area contributed by atoms with Crippen molar-refractivity contribution in [3.63, 3.8) is 0 Å². The lowest BCUT2D eigenvalue weighted by molar-refractivity contribution is -0.132. The van der Waals surface area contributed by atoms with Gasteiger partial charge < -0.3 is 14.5 Å². The van der Waals surface area contributed by atoms with E-state index in [2.05, 4.69) is 0 Å². The number of amides is 2. The Morgan fingerprint density at radius 1 is 1.24 bits per heavy atom. The Hall–Kier alpha value is -2.37. The minimum absolute atomic E-state index is 0.0990. The number of benzene rings is 1. The van der Waals surface area contributed by atoms with Gasteiger partial charge in [-0.1, -0.05) is 0 Å². The summed E-state index contributed by atoms with van der Waals surface area (Å²) in [5.74, 6) is -0.728. The van der Waals surface area contributed by atoms with E-state index in [0.717, 1.165) is 12.1 Å². The first-order valence-corrected chi connectivity index (χ1v) is 6.77. The van der Waals surface area contributed by atoms with Crippen molar-refractivity contribution >= 4 is 23.5 Å². The van der Waals surface area contributed by atoms with Gasteiger partial charge in [-0.05, 0) is 30.7 Å². The summed E-state index contributed by atoms with van der Waals surface area (Å²) in [6, 6.07) is 6.63. The average molecular weight is 290 g/mol. The molecule has 0 aliphatic carbocycles. The number of hydrogen-bond donors (Lipinski definition) is 0. The lowest BCUT2D eigenvalue weighted by Gasteiger charge is -2.15. The molecule has 6 heteroatoms. The molecule has 21 heavy (non-hydrogen) atoms. The molecule has 1 aromatic carbocycles. The zero-order valence-electron chi connectivity index (χ0n) is 12.2. The zero-order chi connectivity index (χ0) is 15.4. The van der Waals surface area contributed by atoms with Crippen LogP contribution in [0.3, 0.4) is 0 Å². The molecule has 1 aliphatic heterocycles. The second-order valence-electron chi connectivity index (χ2n) is 5.06. The Bertz CT molecular complexity index is 551. The van der Waals surface area contributed by atoms with Gasteiger partial charge >= 0.3 is 5.97 Å². The second kappa shape index (κ2) is 6.39. The molecular formula is C15H18N2O4. The Labute approximate surface area is 123 Å². The number of hydrogen-bond acceptors (Lipinski definition) is 4. The summed E-state index contributed by atoms with van der Waals surface area (Å²) >= 11 is 0. The van der Waals surface area contributed by atoms with Crippen LogP contribution in [0.25, 0.3) is 0 Å². The molecule has 1 saturated heterocycles. The van der Waals surface area contributed by atoms with Crippen LogP contribution in [0.15, 0.2) is 24.3 Å².